The number of nitrogens with zero attached hydrogens (tertiary/aromatic N) is 4. The fraction of sp³-hybridized carbons (Fsp3) is 0.333. The Bertz CT molecular complexity index is 1520. The Labute approximate surface area is 193 Å². The number of H-pyrrole nitrogens is 1. The molecular weight excluding hydrogens is 410 g/mol. The van der Waals surface area contributed by atoms with Crippen molar-refractivity contribution < 1.29 is 0 Å². The van der Waals surface area contributed by atoms with Gasteiger partial charge in [0.25, 0.3) is 0 Å². The number of likely N-dealkylation sites (N-methyl/N-ethyl adjacent to an activating group) is 1. The van der Waals surface area contributed by atoms with Crippen LogP contribution in [-0.4, -0.2) is 47.7 Å². The maximum atomic E-state index is 13.8. The first-order valence-electron chi connectivity index (χ1n) is 11.5. The third-order valence-electron chi connectivity index (χ3n) is 6.81. The summed E-state index contributed by atoms with van der Waals surface area (Å²) >= 11 is 0. The molecule has 0 unspecified atom stereocenters. The van der Waals surface area contributed by atoms with Crippen LogP contribution >= 0.6 is 0 Å². The molecule has 0 aliphatic carbocycles. The second-order valence-electron chi connectivity index (χ2n) is 9.47. The minimum Gasteiger partial charge on any atom is -0.368 e. The van der Waals surface area contributed by atoms with Crippen molar-refractivity contribution in [3.8, 4) is 6.07 Å². The Kier molecular flexibility index (Phi) is 5.02. The minimum atomic E-state index is 0.0142. The van der Waals surface area contributed by atoms with Gasteiger partial charge in [-0.05, 0) is 57.7 Å². The van der Waals surface area contributed by atoms with E-state index in [9.17, 15) is 10.1 Å². The molecule has 0 saturated carbocycles. The number of fused-ring (bicyclic) bond motifs is 4. The molecule has 2 aromatic heterocycles. The van der Waals surface area contributed by atoms with Gasteiger partial charge in [-0.25, -0.2) is 0 Å². The van der Waals surface area contributed by atoms with Crippen molar-refractivity contribution in [1.82, 2.24) is 14.5 Å². The van der Waals surface area contributed by atoms with Crippen molar-refractivity contribution in [3.63, 3.8) is 0 Å². The fourth-order valence-electron chi connectivity index (χ4n) is 5.06. The van der Waals surface area contributed by atoms with E-state index in [-0.39, 0.29) is 11.5 Å². The number of hydrogen-bond donors (Lipinski definition) is 1. The molecule has 5 rings (SSSR count). The molecule has 1 saturated heterocycles. The van der Waals surface area contributed by atoms with Crippen LogP contribution in [0, 0.1) is 11.3 Å². The lowest BCUT2D eigenvalue weighted by Gasteiger charge is -2.35. The molecule has 0 atom stereocenters. The summed E-state index contributed by atoms with van der Waals surface area (Å²) in [6.07, 6.45) is 0. The van der Waals surface area contributed by atoms with Gasteiger partial charge in [0.2, 0.25) is 0 Å². The quantitative estimate of drug-likeness (QED) is 0.494. The normalized spacial score (nSPS) is 15.1. The van der Waals surface area contributed by atoms with Gasteiger partial charge in [-0.2, -0.15) is 5.26 Å². The van der Waals surface area contributed by atoms with Crippen molar-refractivity contribution in [1.29, 1.82) is 5.26 Å². The molecule has 4 aromatic rings. The number of aromatic amines is 1. The highest BCUT2D eigenvalue weighted by Gasteiger charge is 2.23. The zero-order valence-electron chi connectivity index (χ0n) is 19.7. The van der Waals surface area contributed by atoms with Crippen LogP contribution in [0.3, 0.4) is 0 Å². The summed E-state index contributed by atoms with van der Waals surface area (Å²) in [6.45, 7) is 14.4. The summed E-state index contributed by atoms with van der Waals surface area (Å²) in [5.41, 5.74) is 6.26. The summed E-state index contributed by atoms with van der Waals surface area (Å²) in [7, 11) is 2.15. The van der Waals surface area contributed by atoms with Gasteiger partial charge in [0.05, 0.1) is 22.5 Å². The van der Waals surface area contributed by atoms with Crippen molar-refractivity contribution in [2.75, 3.05) is 38.1 Å². The van der Waals surface area contributed by atoms with E-state index in [4.69, 9.17) is 0 Å². The number of rotatable bonds is 3. The number of piperazine rings is 1. The molecule has 3 heterocycles. The van der Waals surface area contributed by atoms with Crippen LogP contribution in [0.25, 0.3) is 38.4 Å². The molecule has 1 aliphatic heterocycles. The monoisotopic (exact) mass is 439 g/mol. The van der Waals surface area contributed by atoms with E-state index in [1.54, 1.807) is 6.07 Å². The van der Waals surface area contributed by atoms with Crippen LogP contribution in [-0.2, 0) is 0 Å². The number of aromatic nitrogens is 2. The fourth-order valence-corrected chi connectivity index (χ4v) is 5.06. The van der Waals surface area contributed by atoms with Crippen LogP contribution in [0.2, 0.25) is 0 Å². The van der Waals surface area contributed by atoms with Crippen LogP contribution in [0.4, 0.5) is 5.69 Å². The zero-order chi connectivity index (χ0) is 23.4. The van der Waals surface area contributed by atoms with E-state index >= 15 is 0 Å². The highest BCUT2D eigenvalue weighted by Crippen LogP contribution is 2.35. The first-order valence-corrected chi connectivity index (χ1v) is 11.5. The average molecular weight is 440 g/mol. The van der Waals surface area contributed by atoms with E-state index in [1.165, 1.54) is 0 Å². The van der Waals surface area contributed by atoms with Gasteiger partial charge in [-0.15, -0.1) is 0 Å². The Morgan fingerprint density at radius 3 is 2.48 bits per heavy atom. The molecule has 1 fully saturated rings. The number of nitriles is 1. The second-order valence-corrected chi connectivity index (χ2v) is 9.47. The predicted octanol–water partition coefficient (Wildman–Crippen LogP) is 4.87. The largest absolute Gasteiger partial charge is 0.368 e. The average Bonchev–Trinajstić information content (AvgIpc) is 3.17. The van der Waals surface area contributed by atoms with Gasteiger partial charge in [-0.1, -0.05) is 12.6 Å². The molecule has 6 heteroatoms. The smallest absolute Gasteiger partial charge is 0.199 e. The highest BCUT2D eigenvalue weighted by molar-refractivity contribution is 6.10. The number of hydrogen-bond acceptors (Lipinski definition) is 4. The highest BCUT2D eigenvalue weighted by atomic mass is 16.1. The van der Waals surface area contributed by atoms with Crippen LogP contribution in [0.15, 0.2) is 41.7 Å². The van der Waals surface area contributed by atoms with Crippen molar-refractivity contribution >= 4 is 44.1 Å². The van der Waals surface area contributed by atoms with Gasteiger partial charge in [0, 0.05) is 59.8 Å². The molecule has 168 valence electrons. The lowest BCUT2D eigenvalue weighted by Crippen LogP contribution is -2.44. The van der Waals surface area contributed by atoms with E-state index in [0.717, 1.165) is 65.1 Å². The first kappa shape index (κ1) is 21.3. The van der Waals surface area contributed by atoms with E-state index < -0.39 is 0 Å². The molecule has 0 radical (unpaired) electrons. The minimum absolute atomic E-state index is 0.0142. The SMILES string of the molecule is C=C(C)c1cc2c(=O)c3c4ccc(C#N)cc4[nH]c3n(C(C)C)c2cc1N1CCN(C)CC1. The standard InChI is InChI=1S/C27H29N5O/c1-16(2)20-13-21-24(14-23(20)31-10-8-30(5)9-11-31)32(17(3)4)27-25(26(21)33)19-7-6-18(15-28)12-22(19)29-27/h6-7,12-14,17,29H,1,8-11H2,2-5H3. The number of pyridine rings is 1. The van der Waals surface area contributed by atoms with Gasteiger partial charge in [0.15, 0.2) is 5.43 Å². The number of nitrogens with one attached hydrogen (secondary N) is 1. The Balaban J connectivity index is 1.89. The van der Waals surface area contributed by atoms with Gasteiger partial charge < -0.3 is 19.4 Å². The van der Waals surface area contributed by atoms with Gasteiger partial charge in [0.1, 0.15) is 5.65 Å². The predicted molar refractivity (Wildman–Crippen MR) is 137 cm³/mol. The van der Waals surface area contributed by atoms with E-state index in [0.29, 0.717) is 16.3 Å². The van der Waals surface area contributed by atoms with Crippen molar-refractivity contribution in [2.24, 2.45) is 0 Å². The lowest BCUT2D eigenvalue weighted by molar-refractivity contribution is 0.313. The summed E-state index contributed by atoms with van der Waals surface area (Å²) in [5.74, 6) is 0. The second kappa shape index (κ2) is 7.79. The summed E-state index contributed by atoms with van der Waals surface area (Å²) < 4.78 is 2.22. The third kappa shape index (κ3) is 3.32. The zero-order valence-corrected chi connectivity index (χ0v) is 19.7. The molecule has 0 amide bonds. The number of benzene rings is 2. The third-order valence-corrected chi connectivity index (χ3v) is 6.81. The lowest BCUT2D eigenvalue weighted by atomic mass is 9.99. The molecule has 6 nitrogen and oxygen atoms in total. The Morgan fingerprint density at radius 1 is 1.12 bits per heavy atom. The summed E-state index contributed by atoms with van der Waals surface area (Å²) in [6, 6.07) is 12.0. The molecule has 1 N–H and O–H groups in total. The Morgan fingerprint density at radius 2 is 1.85 bits per heavy atom. The van der Waals surface area contributed by atoms with E-state index in [2.05, 4.69) is 59.0 Å². The molecule has 1 aliphatic rings. The number of anilines is 1. The topological polar surface area (TPSA) is 68.1 Å². The molecule has 33 heavy (non-hydrogen) atoms. The number of allylic oxidation sites excluding steroid dienone is 1. The van der Waals surface area contributed by atoms with Crippen molar-refractivity contribution in [2.45, 2.75) is 26.8 Å². The molecular formula is C27H29N5O. The maximum absolute atomic E-state index is 13.8. The van der Waals surface area contributed by atoms with Crippen molar-refractivity contribution in [3.05, 3.63) is 58.3 Å². The summed E-state index contributed by atoms with van der Waals surface area (Å²) in [4.78, 5) is 22.1. The molecule has 0 bridgehead atoms. The molecule has 2 aromatic carbocycles. The Hall–Kier alpha value is -3.56. The molecule has 0 spiro atoms. The van der Waals surface area contributed by atoms with Crippen LogP contribution in [0.5, 0.6) is 0 Å². The summed E-state index contributed by atoms with van der Waals surface area (Å²) in [5, 5.41) is 11.6. The maximum Gasteiger partial charge on any atom is 0.199 e. The van der Waals surface area contributed by atoms with Crippen LogP contribution < -0.4 is 10.3 Å². The van der Waals surface area contributed by atoms with E-state index in [1.807, 2.05) is 25.1 Å². The van der Waals surface area contributed by atoms with Gasteiger partial charge >= 0.3 is 0 Å². The first-order chi connectivity index (χ1) is 15.8. The van der Waals surface area contributed by atoms with Crippen LogP contribution in [0.1, 0.15) is 37.9 Å². The van der Waals surface area contributed by atoms with Gasteiger partial charge in [-0.3, -0.25) is 4.79 Å².